The van der Waals surface area contributed by atoms with E-state index in [0.29, 0.717) is 32.2 Å². The van der Waals surface area contributed by atoms with Gasteiger partial charge in [-0.3, -0.25) is 14.5 Å². The van der Waals surface area contributed by atoms with Crippen molar-refractivity contribution < 1.29 is 19.4 Å². The average Bonchev–Trinajstić information content (AvgIpc) is 2.92. The van der Waals surface area contributed by atoms with E-state index < -0.39 is 17.7 Å². The lowest BCUT2D eigenvalue weighted by atomic mass is 9.94. The molecular formula is C21H28N2O4. The Morgan fingerprint density at radius 3 is 2.37 bits per heavy atom. The number of aliphatic hydroxyl groups excluding tert-OH is 1. The lowest BCUT2D eigenvalue weighted by Crippen LogP contribution is -2.43. The number of carbonyl (C=O) groups excluding carboxylic acids is 2. The van der Waals surface area contributed by atoms with Crippen LogP contribution in [0, 0.1) is 0 Å². The number of Topliss-reactive ketones (excluding diaryl/α,β-unsaturated/α-hetero) is 1. The molecule has 0 aromatic heterocycles. The van der Waals surface area contributed by atoms with E-state index in [0.717, 1.165) is 18.7 Å². The number of rotatable bonds is 6. The monoisotopic (exact) mass is 372 g/mol. The predicted molar refractivity (Wildman–Crippen MR) is 103 cm³/mol. The summed E-state index contributed by atoms with van der Waals surface area (Å²) < 4.78 is 5.36. The van der Waals surface area contributed by atoms with Crippen LogP contribution in [0.15, 0.2) is 35.6 Å². The van der Waals surface area contributed by atoms with Gasteiger partial charge in [-0.2, -0.15) is 0 Å². The number of hydrogen-bond acceptors (Lipinski definition) is 5. The summed E-state index contributed by atoms with van der Waals surface area (Å²) in [5, 5.41) is 10.3. The third-order valence-electron chi connectivity index (χ3n) is 5.36. The molecule has 146 valence electrons. The van der Waals surface area contributed by atoms with Crippen LogP contribution in [0.2, 0.25) is 0 Å². The number of aliphatic hydroxyl groups is 1. The molecule has 0 bridgehead atoms. The number of ether oxygens (including phenoxy) is 1. The number of benzene rings is 1. The molecule has 2 heterocycles. The minimum atomic E-state index is -0.530. The van der Waals surface area contributed by atoms with Gasteiger partial charge in [-0.25, -0.2) is 0 Å². The van der Waals surface area contributed by atoms with Crippen LogP contribution in [0.1, 0.15) is 43.9 Å². The van der Waals surface area contributed by atoms with E-state index in [1.54, 1.807) is 4.90 Å². The summed E-state index contributed by atoms with van der Waals surface area (Å²) in [4.78, 5) is 28.7. The molecule has 2 aliphatic heterocycles. The normalized spacial score (nSPS) is 21.4. The van der Waals surface area contributed by atoms with E-state index in [-0.39, 0.29) is 11.4 Å². The molecule has 2 aliphatic rings. The Morgan fingerprint density at radius 2 is 1.81 bits per heavy atom. The first-order chi connectivity index (χ1) is 12.9. The maximum atomic E-state index is 12.7. The van der Waals surface area contributed by atoms with E-state index in [4.69, 9.17) is 4.74 Å². The molecule has 1 aromatic rings. The molecule has 0 saturated carbocycles. The lowest BCUT2D eigenvalue weighted by Gasteiger charge is -2.31. The zero-order chi connectivity index (χ0) is 19.6. The van der Waals surface area contributed by atoms with Gasteiger partial charge in [0, 0.05) is 26.2 Å². The fraction of sp³-hybridized carbons (Fsp3) is 0.524. The van der Waals surface area contributed by atoms with Gasteiger partial charge >= 0.3 is 0 Å². The van der Waals surface area contributed by atoms with Crippen molar-refractivity contribution in [2.24, 2.45) is 0 Å². The largest absolute Gasteiger partial charge is 0.503 e. The second kappa shape index (κ2) is 8.23. The van der Waals surface area contributed by atoms with E-state index in [1.807, 2.05) is 24.3 Å². The molecule has 3 rings (SSSR count). The summed E-state index contributed by atoms with van der Waals surface area (Å²) in [6, 6.07) is 7.43. The first-order valence-corrected chi connectivity index (χ1v) is 9.55. The van der Waals surface area contributed by atoms with Gasteiger partial charge in [0.25, 0.3) is 5.91 Å². The van der Waals surface area contributed by atoms with Gasteiger partial charge < -0.3 is 14.7 Å². The molecule has 0 spiro atoms. The zero-order valence-corrected chi connectivity index (χ0v) is 16.3. The van der Waals surface area contributed by atoms with E-state index in [2.05, 4.69) is 18.7 Å². The topological polar surface area (TPSA) is 70.1 Å². The van der Waals surface area contributed by atoms with Gasteiger partial charge in [0.05, 0.1) is 24.8 Å². The Balaban J connectivity index is 1.86. The molecule has 1 N–H and O–H groups in total. The van der Waals surface area contributed by atoms with Crippen molar-refractivity contribution in [1.82, 2.24) is 9.80 Å². The Hall–Kier alpha value is -2.18. The van der Waals surface area contributed by atoms with Crippen LogP contribution in [-0.2, 0) is 14.3 Å². The summed E-state index contributed by atoms with van der Waals surface area (Å²) in [7, 11) is 0. The molecule has 1 aromatic carbocycles. The fourth-order valence-corrected chi connectivity index (χ4v) is 3.73. The smallest absolute Gasteiger partial charge is 0.290 e. The Labute approximate surface area is 160 Å². The average molecular weight is 372 g/mol. The fourth-order valence-electron chi connectivity index (χ4n) is 3.73. The van der Waals surface area contributed by atoms with Crippen molar-refractivity contribution in [1.29, 1.82) is 0 Å². The van der Waals surface area contributed by atoms with Gasteiger partial charge in [0.2, 0.25) is 0 Å². The third-order valence-corrected chi connectivity index (χ3v) is 5.36. The minimum Gasteiger partial charge on any atom is -0.503 e. The number of morpholine rings is 1. The van der Waals surface area contributed by atoms with Crippen LogP contribution in [0.4, 0.5) is 0 Å². The Morgan fingerprint density at radius 1 is 1.19 bits per heavy atom. The van der Waals surface area contributed by atoms with Crippen molar-refractivity contribution in [3.05, 3.63) is 46.7 Å². The predicted octanol–water partition coefficient (Wildman–Crippen LogP) is 2.43. The SMILES string of the molecule is CC(=O)C1=C(O)C(=O)N(CCN2CCOCC2)C1c1ccc(C(C)C)cc1. The van der Waals surface area contributed by atoms with Crippen molar-refractivity contribution in [2.75, 3.05) is 39.4 Å². The van der Waals surface area contributed by atoms with Crippen LogP contribution < -0.4 is 0 Å². The second-order valence-electron chi connectivity index (χ2n) is 7.49. The number of hydrogen-bond donors (Lipinski definition) is 1. The Bertz CT molecular complexity index is 733. The number of ketones is 1. The molecule has 0 aliphatic carbocycles. The van der Waals surface area contributed by atoms with Crippen LogP contribution in [0.3, 0.4) is 0 Å². The van der Waals surface area contributed by atoms with Crippen LogP contribution in [0.25, 0.3) is 0 Å². The highest BCUT2D eigenvalue weighted by Crippen LogP contribution is 2.37. The van der Waals surface area contributed by atoms with Crippen LogP contribution in [-0.4, -0.2) is 66.0 Å². The molecule has 1 saturated heterocycles. The summed E-state index contributed by atoms with van der Waals surface area (Å²) in [5.74, 6) is -0.751. The molecule has 27 heavy (non-hydrogen) atoms. The zero-order valence-electron chi connectivity index (χ0n) is 16.3. The highest BCUT2D eigenvalue weighted by molar-refractivity contribution is 6.08. The first kappa shape index (κ1) is 19.6. The van der Waals surface area contributed by atoms with E-state index in [9.17, 15) is 14.7 Å². The maximum Gasteiger partial charge on any atom is 0.290 e. The highest BCUT2D eigenvalue weighted by Gasteiger charge is 2.42. The third kappa shape index (κ3) is 4.06. The van der Waals surface area contributed by atoms with Gasteiger partial charge in [-0.05, 0) is 24.0 Å². The van der Waals surface area contributed by atoms with E-state index >= 15 is 0 Å². The van der Waals surface area contributed by atoms with Crippen LogP contribution >= 0.6 is 0 Å². The number of nitrogens with zero attached hydrogens (tertiary/aromatic N) is 2. The molecule has 0 radical (unpaired) electrons. The molecule has 6 heteroatoms. The molecule has 1 atom stereocenters. The van der Waals surface area contributed by atoms with Gasteiger partial charge in [-0.1, -0.05) is 38.1 Å². The van der Waals surface area contributed by atoms with Crippen molar-refractivity contribution in [3.63, 3.8) is 0 Å². The molecular weight excluding hydrogens is 344 g/mol. The van der Waals surface area contributed by atoms with Crippen molar-refractivity contribution >= 4 is 11.7 Å². The van der Waals surface area contributed by atoms with Crippen molar-refractivity contribution in [3.8, 4) is 0 Å². The molecule has 1 fully saturated rings. The van der Waals surface area contributed by atoms with Gasteiger partial charge in [0.15, 0.2) is 11.5 Å². The first-order valence-electron chi connectivity index (χ1n) is 9.55. The molecule has 1 amide bonds. The van der Waals surface area contributed by atoms with Gasteiger partial charge in [0.1, 0.15) is 0 Å². The summed E-state index contributed by atoms with van der Waals surface area (Å²) in [6.07, 6.45) is 0. The standard InChI is InChI=1S/C21H28N2O4/c1-14(2)16-4-6-17(7-5-16)19-18(15(3)24)20(25)21(26)23(19)9-8-22-10-12-27-13-11-22/h4-7,14,19,25H,8-13H2,1-3H3. The quantitative estimate of drug-likeness (QED) is 0.830. The van der Waals surface area contributed by atoms with Crippen molar-refractivity contribution in [2.45, 2.75) is 32.7 Å². The number of carbonyl (C=O) groups is 2. The summed E-state index contributed by atoms with van der Waals surface area (Å²) in [6.45, 7) is 9.82. The number of amides is 1. The van der Waals surface area contributed by atoms with Crippen LogP contribution in [0.5, 0.6) is 0 Å². The second-order valence-corrected chi connectivity index (χ2v) is 7.49. The Kier molecular flexibility index (Phi) is 5.97. The summed E-state index contributed by atoms with van der Waals surface area (Å²) >= 11 is 0. The molecule has 6 nitrogen and oxygen atoms in total. The highest BCUT2D eigenvalue weighted by atomic mass is 16.5. The van der Waals surface area contributed by atoms with E-state index in [1.165, 1.54) is 12.5 Å². The lowest BCUT2D eigenvalue weighted by molar-refractivity contribution is -0.129. The molecule has 1 unspecified atom stereocenters. The summed E-state index contributed by atoms with van der Waals surface area (Å²) in [5.41, 5.74) is 2.24. The maximum absolute atomic E-state index is 12.7. The minimum absolute atomic E-state index is 0.194. The van der Waals surface area contributed by atoms with Gasteiger partial charge in [-0.15, -0.1) is 0 Å².